The van der Waals surface area contributed by atoms with Crippen molar-refractivity contribution in [2.75, 3.05) is 14.2 Å². The number of hydrogen-bond acceptors (Lipinski definition) is 4. The molecule has 2 N–H and O–H groups in total. The Kier molecular flexibility index (Phi) is 6.76. The van der Waals surface area contributed by atoms with Gasteiger partial charge in [-0.2, -0.15) is 0 Å². The van der Waals surface area contributed by atoms with Gasteiger partial charge in [-0.25, -0.2) is 0 Å². The fraction of sp³-hybridized carbons (Fsp3) is 0.368. The second-order valence-corrected chi connectivity index (χ2v) is 5.72. The van der Waals surface area contributed by atoms with Crippen LogP contribution in [0.5, 0.6) is 23.0 Å². The third-order valence-electron chi connectivity index (χ3n) is 3.52. The average molecular weight is 318 g/mol. The molecule has 4 nitrogen and oxygen atoms in total. The smallest absolute Gasteiger partial charge is 0.200 e. The summed E-state index contributed by atoms with van der Waals surface area (Å²) in [7, 11) is 3.05. The Morgan fingerprint density at radius 1 is 0.870 bits per heavy atom. The summed E-state index contributed by atoms with van der Waals surface area (Å²) in [5.74, 6) is 1.71. The molecule has 23 heavy (non-hydrogen) atoms. The second kappa shape index (κ2) is 8.32. The van der Waals surface area contributed by atoms with Crippen LogP contribution in [0.1, 0.15) is 36.5 Å². The first-order valence-corrected chi connectivity index (χ1v) is 7.51. The van der Waals surface area contributed by atoms with Gasteiger partial charge in [-0.05, 0) is 49.1 Å². The van der Waals surface area contributed by atoms with Crippen LogP contribution in [-0.2, 0) is 0 Å². The standard InChI is InChI=1S/C11H16O3.C8H10O/c1-7(2)8-5-9(13-3)11(12)10(6-8)14-4;1-6-3-4-8(9)7(2)5-6/h5-7,12H,1-4H3;3-5,9H,1-2H3. The number of aromatic hydroxyl groups is 2. The van der Waals surface area contributed by atoms with Crippen LogP contribution in [-0.4, -0.2) is 24.4 Å². The molecule has 0 radical (unpaired) electrons. The molecule has 0 aliphatic carbocycles. The third-order valence-corrected chi connectivity index (χ3v) is 3.52. The number of aryl methyl sites for hydroxylation is 2. The van der Waals surface area contributed by atoms with E-state index in [-0.39, 0.29) is 5.75 Å². The van der Waals surface area contributed by atoms with Gasteiger partial charge in [0.2, 0.25) is 5.75 Å². The van der Waals surface area contributed by atoms with Crippen molar-refractivity contribution < 1.29 is 19.7 Å². The number of ether oxygens (including phenoxy) is 2. The predicted octanol–water partition coefficient (Wildman–Crippen LogP) is 4.54. The van der Waals surface area contributed by atoms with E-state index in [1.165, 1.54) is 19.8 Å². The molecular weight excluding hydrogens is 292 g/mol. The van der Waals surface area contributed by atoms with E-state index in [0.717, 1.165) is 11.1 Å². The van der Waals surface area contributed by atoms with Gasteiger partial charge in [0.1, 0.15) is 5.75 Å². The van der Waals surface area contributed by atoms with E-state index in [1.807, 2.05) is 38.1 Å². The fourth-order valence-corrected chi connectivity index (χ4v) is 2.05. The zero-order valence-electron chi connectivity index (χ0n) is 14.7. The lowest BCUT2D eigenvalue weighted by Crippen LogP contribution is -1.94. The normalized spacial score (nSPS) is 10.0. The molecule has 0 spiro atoms. The zero-order valence-corrected chi connectivity index (χ0v) is 14.7. The SMILES string of the molecule is COc1cc(C(C)C)cc(OC)c1O.Cc1ccc(O)c(C)c1. The van der Waals surface area contributed by atoms with Crippen LogP contribution in [0.3, 0.4) is 0 Å². The summed E-state index contributed by atoms with van der Waals surface area (Å²) in [5.41, 5.74) is 3.21. The van der Waals surface area contributed by atoms with E-state index in [0.29, 0.717) is 23.2 Å². The monoisotopic (exact) mass is 318 g/mol. The quantitative estimate of drug-likeness (QED) is 0.872. The first-order valence-electron chi connectivity index (χ1n) is 7.51. The summed E-state index contributed by atoms with van der Waals surface area (Å²) in [6, 6.07) is 9.20. The van der Waals surface area contributed by atoms with E-state index >= 15 is 0 Å². The maximum Gasteiger partial charge on any atom is 0.200 e. The molecule has 0 unspecified atom stereocenters. The van der Waals surface area contributed by atoms with Crippen molar-refractivity contribution in [2.45, 2.75) is 33.6 Å². The summed E-state index contributed by atoms with van der Waals surface area (Å²) >= 11 is 0. The van der Waals surface area contributed by atoms with Crippen LogP contribution in [0.4, 0.5) is 0 Å². The molecule has 2 aromatic rings. The minimum Gasteiger partial charge on any atom is -0.508 e. The molecule has 4 heteroatoms. The molecule has 0 atom stereocenters. The van der Waals surface area contributed by atoms with Crippen LogP contribution in [0, 0.1) is 13.8 Å². The first kappa shape index (κ1) is 18.7. The van der Waals surface area contributed by atoms with E-state index in [2.05, 4.69) is 13.8 Å². The molecule has 0 aromatic heterocycles. The minimum absolute atomic E-state index is 0.0550. The van der Waals surface area contributed by atoms with Gasteiger partial charge in [-0.1, -0.05) is 31.5 Å². The Bertz CT molecular complexity index is 623. The summed E-state index contributed by atoms with van der Waals surface area (Å²) in [6.45, 7) is 8.05. The largest absolute Gasteiger partial charge is 0.508 e. The Balaban J connectivity index is 0.000000253. The van der Waals surface area contributed by atoms with Crippen LogP contribution in [0.15, 0.2) is 30.3 Å². The zero-order chi connectivity index (χ0) is 17.6. The second-order valence-electron chi connectivity index (χ2n) is 5.72. The molecule has 0 aliphatic rings. The molecular formula is C19H26O4. The van der Waals surface area contributed by atoms with Gasteiger partial charge in [0, 0.05) is 0 Å². The van der Waals surface area contributed by atoms with Crippen LogP contribution in [0.25, 0.3) is 0 Å². The fourth-order valence-electron chi connectivity index (χ4n) is 2.05. The molecule has 2 rings (SSSR count). The van der Waals surface area contributed by atoms with Gasteiger partial charge in [-0.3, -0.25) is 0 Å². The number of methoxy groups -OCH3 is 2. The molecule has 0 saturated heterocycles. The highest BCUT2D eigenvalue weighted by atomic mass is 16.5. The number of phenols is 2. The van der Waals surface area contributed by atoms with Gasteiger partial charge >= 0.3 is 0 Å². The van der Waals surface area contributed by atoms with Gasteiger partial charge in [0.05, 0.1) is 14.2 Å². The topological polar surface area (TPSA) is 58.9 Å². The maximum atomic E-state index is 9.65. The van der Waals surface area contributed by atoms with Crippen molar-refractivity contribution >= 4 is 0 Å². The van der Waals surface area contributed by atoms with Crippen LogP contribution < -0.4 is 9.47 Å². The highest BCUT2D eigenvalue weighted by Gasteiger charge is 2.12. The number of hydrogen-bond donors (Lipinski definition) is 2. The van der Waals surface area contributed by atoms with Crippen molar-refractivity contribution in [1.29, 1.82) is 0 Å². The summed E-state index contributed by atoms with van der Waals surface area (Å²) in [5, 5.41) is 18.7. The lowest BCUT2D eigenvalue weighted by molar-refractivity contribution is 0.339. The molecule has 0 saturated carbocycles. The predicted molar refractivity (Wildman–Crippen MR) is 92.9 cm³/mol. The first-order chi connectivity index (χ1) is 10.8. The van der Waals surface area contributed by atoms with E-state index in [1.54, 1.807) is 6.07 Å². The van der Waals surface area contributed by atoms with E-state index in [4.69, 9.17) is 14.6 Å². The molecule has 0 fully saturated rings. The number of benzene rings is 2. The highest BCUT2D eigenvalue weighted by molar-refractivity contribution is 5.53. The molecule has 0 aliphatic heterocycles. The van der Waals surface area contributed by atoms with E-state index < -0.39 is 0 Å². The molecule has 2 aromatic carbocycles. The van der Waals surface area contributed by atoms with Crippen LogP contribution >= 0.6 is 0 Å². The van der Waals surface area contributed by atoms with Crippen molar-refractivity contribution in [3.8, 4) is 23.0 Å². The maximum absolute atomic E-state index is 9.65. The van der Waals surface area contributed by atoms with Gasteiger partial charge < -0.3 is 19.7 Å². The lowest BCUT2D eigenvalue weighted by Gasteiger charge is -2.12. The molecule has 126 valence electrons. The Hall–Kier alpha value is -2.36. The van der Waals surface area contributed by atoms with Crippen molar-refractivity contribution in [2.24, 2.45) is 0 Å². The molecule has 0 heterocycles. The highest BCUT2D eigenvalue weighted by Crippen LogP contribution is 2.38. The van der Waals surface area contributed by atoms with Crippen LogP contribution in [0.2, 0.25) is 0 Å². The Morgan fingerprint density at radius 3 is 1.74 bits per heavy atom. The van der Waals surface area contributed by atoms with Crippen molar-refractivity contribution in [3.05, 3.63) is 47.0 Å². The molecule has 0 amide bonds. The van der Waals surface area contributed by atoms with Crippen molar-refractivity contribution in [3.63, 3.8) is 0 Å². The number of phenolic OH excluding ortho intramolecular Hbond substituents is 2. The Labute approximate surface area is 138 Å². The van der Waals surface area contributed by atoms with Crippen molar-refractivity contribution in [1.82, 2.24) is 0 Å². The average Bonchev–Trinajstić information content (AvgIpc) is 2.52. The Morgan fingerprint density at radius 2 is 1.39 bits per heavy atom. The lowest BCUT2D eigenvalue weighted by atomic mass is 10.0. The molecule has 0 bridgehead atoms. The third kappa shape index (κ3) is 5.09. The summed E-state index contributed by atoms with van der Waals surface area (Å²) in [6.07, 6.45) is 0. The minimum atomic E-state index is 0.0550. The van der Waals surface area contributed by atoms with E-state index in [9.17, 15) is 5.11 Å². The van der Waals surface area contributed by atoms with Gasteiger partial charge in [-0.15, -0.1) is 0 Å². The summed E-state index contributed by atoms with van der Waals surface area (Å²) in [4.78, 5) is 0. The summed E-state index contributed by atoms with van der Waals surface area (Å²) < 4.78 is 10.1. The number of rotatable bonds is 3. The van der Waals surface area contributed by atoms with Gasteiger partial charge in [0.25, 0.3) is 0 Å². The van der Waals surface area contributed by atoms with Gasteiger partial charge in [0.15, 0.2) is 11.5 Å².